The van der Waals surface area contributed by atoms with Gasteiger partial charge in [-0.3, -0.25) is 4.68 Å². The number of aryl methyl sites for hydroxylation is 2. The molecule has 0 fully saturated rings. The Bertz CT molecular complexity index is 1640. The molecule has 0 radical (unpaired) electrons. The van der Waals surface area contributed by atoms with E-state index in [0.717, 1.165) is 50.4 Å². The zero-order chi connectivity index (χ0) is 26.2. The Morgan fingerprint density at radius 2 is 2.08 bits per heavy atom. The van der Waals surface area contributed by atoms with Crippen LogP contribution in [-0.4, -0.2) is 42.7 Å². The molecule has 194 valence electrons. The van der Waals surface area contributed by atoms with Crippen LogP contribution in [0.5, 0.6) is 5.75 Å². The summed E-state index contributed by atoms with van der Waals surface area (Å²) in [6.45, 7) is 0.127. The lowest BCUT2D eigenvalue weighted by Crippen LogP contribution is -2.20. The number of ether oxygens (including phenoxy) is 1. The summed E-state index contributed by atoms with van der Waals surface area (Å²) >= 11 is 8.09. The van der Waals surface area contributed by atoms with Crippen molar-refractivity contribution >= 4 is 44.7 Å². The number of hydrogen-bond acceptors (Lipinski definition) is 8. The van der Waals surface area contributed by atoms with Crippen molar-refractivity contribution in [3.05, 3.63) is 82.6 Å². The van der Waals surface area contributed by atoms with Crippen LogP contribution in [0.2, 0.25) is 5.02 Å². The number of aliphatic hydroxyl groups excluding tert-OH is 2. The summed E-state index contributed by atoms with van der Waals surface area (Å²) in [5.74, 6) is 0.871. The van der Waals surface area contributed by atoms with Crippen molar-refractivity contribution in [3.63, 3.8) is 0 Å². The summed E-state index contributed by atoms with van der Waals surface area (Å²) in [6.07, 6.45) is 4.15. The first-order valence-corrected chi connectivity index (χ1v) is 13.2. The maximum atomic E-state index is 13.4. The minimum atomic E-state index is -0.857. The summed E-state index contributed by atoms with van der Waals surface area (Å²) < 4.78 is 20.9. The molecule has 0 saturated heterocycles. The summed E-state index contributed by atoms with van der Waals surface area (Å²) in [4.78, 5) is 11.0. The maximum absolute atomic E-state index is 13.4. The molecule has 0 spiro atoms. The number of hydrogen-bond donors (Lipinski definition) is 3. The number of thiophene rings is 1. The monoisotopic (exact) mass is 551 g/mol. The Morgan fingerprint density at radius 1 is 1.18 bits per heavy atom. The molecule has 11 heteroatoms. The fourth-order valence-corrected chi connectivity index (χ4v) is 6.07. The lowest BCUT2D eigenvalue weighted by molar-refractivity contribution is 0.0782. The molecule has 0 aliphatic heterocycles. The summed E-state index contributed by atoms with van der Waals surface area (Å²) in [5, 5.41) is 28.4. The number of aliphatic hydroxyl groups is 2. The molecule has 0 bridgehead atoms. The molecule has 3 aromatic heterocycles. The van der Waals surface area contributed by atoms with Crippen LogP contribution < -0.4 is 10.1 Å². The smallest absolute Gasteiger partial charge is 0.142 e. The molecule has 5 aromatic rings. The van der Waals surface area contributed by atoms with Crippen molar-refractivity contribution in [2.45, 2.75) is 32.1 Å². The van der Waals surface area contributed by atoms with E-state index in [0.29, 0.717) is 22.2 Å². The van der Waals surface area contributed by atoms with Crippen molar-refractivity contribution in [1.29, 1.82) is 0 Å². The summed E-state index contributed by atoms with van der Waals surface area (Å²) in [5.41, 5.74) is 4.61. The molecule has 1 aliphatic rings. The van der Waals surface area contributed by atoms with Crippen LogP contribution in [0.25, 0.3) is 20.7 Å². The van der Waals surface area contributed by atoms with Gasteiger partial charge in [0.1, 0.15) is 35.1 Å². The van der Waals surface area contributed by atoms with E-state index in [-0.39, 0.29) is 25.6 Å². The van der Waals surface area contributed by atoms with Crippen molar-refractivity contribution in [3.8, 4) is 16.2 Å². The SMILES string of the molecule is OC[C@@H](O)Cn1cc2c(n1)CCc1c-2sc2ncnc(Nc3ccc(OCc4cccc(F)c4)c(Cl)c3)c12. The molecule has 1 aliphatic carbocycles. The number of aromatic nitrogens is 4. The van der Waals surface area contributed by atoms with Crippen LogP contribution in [0.3, 0.4) is 0 Å². The normalized spacial score (nSPS) is 13.3. The second-order valence-electron chi connectivity index (χ2n) is 9.05. The number of nitrogens with zero attached hydrogens (tertiary/aromatic N) is 4. The Morgan fingerprint density at radius 3 is 2.89 bits per heavy atom. The van der Waals surface area contributed by atoms with Gasteiger partial charge in [0, 0.05) is 22.3 Å². The third-order valence-corrected chi connectivity index (χ3v) is 7.84. The highest BCUT2D eigenvalue weighted by atomic mass is 35.5. The highest BCUT2D eigenvalue weighted by Crippen LogP contribution is 2.45. The van der Waals surface area contributed by atoms with E-state index in [4.69, 9.17) is 16.3 Å². The maximum Gasteiger partial charge on any atom is 0.142 e. The van der Waals surface area contributed by atoms with Gasteiger partial charge in [0.2, 0.25) is 0 Å². The van der Waals surface area contributed by atoms with Gasteiger partial charge in [-0.1, -0.05) is 23.7 Å². The predicted molar refractivity (Wildman–Crippen MR) is 145 cm³/mol. The molecule has 3 heterocycles. The Labute approximate surface area is 226 Å². The molecule has 38 heavy (non-hydrogen) atoms. The molecule has 3 N–H and O–H groups in total. The van der Waals surface area contributed by atoms with Crippen molar-refractivity contribution in [1.82, 2.24) is 19.7 Å². The lowest BCUT2D eigenvalue weighted by Gasteiger charge is -2.13. The quantitative estimate of drug-likeness (QED) is 0.246. The zero-order valence-corrected chi connectivity index (χ0v) is 21.6. The highest BCUT2D eigenvalue weighted by molar-refractivity contribution is 7.22. The van der Waals surface area contributed by atoms with E-state index in [1.165, 1.54) is 18.5 Å². The first-order valence-electron chi connectivity index (χ1n) is 12.0. The van der Waals surface area contributed by atoms with Gasteiger partial charge in [-0.15, -0.1) is 11.3 Å². The molecule has 6 rings (SSSR count). The minimum Gasteiger partial charge on any atom is -0.487 e. The van der Waals surface area contributed by atoms with Crippen LogP contribution in [0.1, 0.15) is 16.8 Å². The predicted octanol–water partition coefficient (Wildman–Crippen LogP) is 5.12. The van der Waals surface area contributed by atoms with Gasteiger partial charge in [0.25, 0.3) is 0 Å². The van der Waals surface area contributed by atoms with Crippen molar-refractivity contribution in [2.24, 2.45) is 0 Å². The Balaban J connectivity index is 1.26. The van der Waals surface area contributed by atoms with Gasteiger partial charge in [-0.2, -0.15) is 5.10 Å². The van der Waals surface area contributed by atoms with Crippen LogP contribution >= 0.6 is 22.9 Å². The molecule has 8 nitrogen and oxygen atoms in total. The number of fused-ring (bicyclic) bond motifs is 5. The topological polar surface area (TPSA) is 105 Å². The second-order valence-corrected chi connectivity index (χ2v) is 10.5. The number of halogens is 2. The van der Waals surface area contributed by atoms with E-state index in [9.17, 15) is 14.6 Å². The minimum absolute atomic E-state index is 0.204. The number of rotatable bonds is 8. The van der Waals surface area contributed by atoms with Gasteiger partial charge in [0.15, 0.2) is 0 Å². The van der Waals surface area contributed by atoms with E-state index in [1.54, 1.807) is 40.3 Å². The standard InChI is InChI=1S/C27H23ClFN5O3S/c28-21-9-17(4-7-23(21)37-13-15-2-1-3-16(29)8-15)32-26-24-19-5-6-22-20(11-34(33-22)10-18(36)12-35)25(19)38-27(24)31-14-30-26/h1-4,7-9,11,14,18,35-36H,5-6,10,12-13H2,(H,30,31,32)/t18-/m0/s1. The van der Waals surface area contributed by atoms with Gasteiger partial charge in [0.05, 0.1) is 35.4 Å². The molecular weight excluding hydrogens is 529 g/mol. The highest BCUT2D eigenvalue weighted by Gasteiger charge is 2.26. The molecular formula is C27H23ClFN5O3S. The van der Waals surface area contributed by atoms with Gasteiger partial charge in [-0.05, 0) is 54.3 Å². The summed E-state index contributed by atoms with van der Waals surface area (Å²) in [6, 6.07) is 11.6. The molecule has 1 atom stereocenters. The third kappa shape index (κ3) is 4.83. The van der Waals surface area contributed by atoms with Crippen molar-refractivity contribution < 1.29 is 19.3 Å². The fourth-order valence-electron chi connectivity index (χ4n) is 4.61. The Kier molecular flexibility index (Phi) is 6.71. The second kappa shape index (κ2) is 10.3. The molecule has 2 aromatic carbocycles. The summed E-state index contributed by atoms with van der Waals surface area (Å²) in [7, 11) is 0. The van der Waals surface area contributed by atoms with Gasteiger partial charge >= 0.3 is 0 Å². The van der Waals surface area contributed by atoms with Crippen LogP contribution in [0, 0.1) is 5.82 Å². The van der Waals surface area contributed by atoms with Crippen molar-refractivity contribution in [2.75, 3.05) is 11.9 Å². The van der Waals surface area contributed by atoms with E-state index >= 15 is 0 Å². The largest absolute Gasteiger partial charge is 0.487 e. The fraction of sp³-hybridized carbons (Fsp3) is 0.222. The lowest BCUT2D eigenvalue weighted by atomic mass is 9.95. The number of anilines is 2. The number of benzene rings is 2. The zero-order valence-electron chi connectivity index (χ0n) is 20.1. The number of nitrogens with one attached hydrogen (secondary N) is 1. The van der Waals surface area contributed by atoms with E-state index < -0.39 is 6.10 Å². The third-order valence-electron chi connectivity index (χ3n) is 6.37. The molecule has 0 saturated carbocycles. The van der Waals surface area contributed by atoms with Crippen LogP contribution in [0.4, 0.5) is 15.9 Å². The van der Waals surface area contributed by atoms with Gasteiger partial charge < -0.3 is 20.3 Å². The molecule has 0 amide bonds. The molecule has 0 unspecified atom stereocenters. The first-order chi connectivity index (χ1) is 18.5. The van der Waals surface area contributed by atoms with Crippen LogP contribution in [0.15, 0.2) is 55.0 Å². The first kappa shape index (κ1) is 24.7. The average molecular weight is 552 g/mol. The van der Waals surface area contributed by atoms with E-state index in [1.807, 2.05) is 12.3 Å². The average Bonchev–Trinajstić information content (AvgIpc) is 3.49. The van der Waals surface area contributed by atoms with E-state index in [2.05, 4.69) is 20.4 Å². The Hall–Kier alpha value is -3.57. The van der Waals surface area contributed by atoms with Crippen LogP contribution in [-0.2, 0) is 26.0 Å². The van der Waals surface area contributed by atoms with Gasteiger partial charge in [-0.25, -0.2) is 14.4 Å².